The van der Waals surface area contributed by atoms with E-state index in [1.54, 1.807) is 0 Å². The Bertz CT molecular complexity index is 520. The fourth-order valence-corrected chi connectivity index (χ4v) is 2.31. The van der Waals surface area contributed by atoms with Crippen molar-refractivity contribution in [2.24, 2.45) is 0 Å². The average Bonchev–Trinajstić information content (AvgIpc) is 2.71. The molecule has 0 radical (unpaired) electrons. The number of para-hydroxylation sites is 1. The Kier molecular flexibility index (Phi) is 4.42. The van der Waals surface area contributed by atoms with E-state index in [1.807, 2.05) is 31.3 Å². The molecule has 0 spiro atoms. The van der Waals surface area contributed by atoms with Gasteiger partial charge in [-0.3, -0.25) is 4.57 Å². The second kappa shape index (κ2) is 6.05. The molecule has 1 aromatic carbocycles. The molecule has 1 aromatic heterocycles. The third kappa shape index (κ3) is 2.93. The van der Waals surface area contributed by atoms with Gasteiger partial charge in [0.1, 0.15) is 0 Å². The molecule has 0 atom stereocenters. The minimum absolute atomic E-state index is 0.910. The predicted octanol–water partition coefficient (Wildman–Crippen LogP) is 4.16. The van der Waals surface area contributed by atoms with Gasteiger partial charge in [-0.25, -0.2) is 4.98 Å². The number of benzene rings is 1. The van der Waals surface area contributed by atoms with Crippen LogP contribution in [0.2, 0.25) is 0 Å². The molecule has 4 heteroatoms. The van der Waals surface area contributed by atoms with Crippen molar-refractivity contribution in [1.29, 1.82) is 0 Å². The van der Waals surface area contributed by atoms with Gasteiger partial charge < -0.3 is 5.32 Å². The number of unbranched alkanes of at least 4 members (excludes halogenated alkanes) is 1. The minimum Gasteiger partial charge on any atom is -0.355 e. The topological polar surface area (TPSA) is 29.9 Å². The van der Waals surface area contributed by atoms with Gasteiger partial charge in [-0.05, 0) is 41.4 Å². The van der Waals surface area contributed by atoms with Gasteiger partial charge in [0.15, 0.2) is 0 Å². The average molecular weight is 308 g/mol. The van der Waals surface area contributed by atoms with E-state index in [0.717, 1.165) is 34.8 Å². The fraction of sp³-hybridized carbons (Fsp3) is 0.357. The summed E-state index contributed by atoms with van der Waals surface area (Å²) in [6, 6.07) is 8.17. The Labute approximate surface area is 116 Å². The number of anilines is 1. The highest BCUT2D eigenvalue weighted by Crippen LogP contribution is 2.24. The number of aryl methyl sites for hydroxylation is 1. The highest BCUT2D eigenvalue weighted by Gasteiger charge is 2.09. The summed E-state index contributed by atoms with van der Waals surface area (Å²) in [6.07, 6.45) is 4.39. The van der Waals surface area contributed by atoms with Crippen molar-refractivity contribution in [2.45, 2.75) is 26.7 Å². The number of halogens is 1. The van der Waals surface area contributed by atoms with Crippen LogP contribution in [-0.2, 0) is 0 Å². The van der Waals surface area contributed by atoms with Crippen molar-refractivity contribution in [3.8, 4) is 5.69 Å². The quantitative estimate of drug-likeness (QED) is 0.841. The molecule has 1 N–H and O–H groups in total. The van der Waals surface area contributed by atoms with Gasteiger partial charge in [-0.15, -0.1) is 0 Å². The van der Waals surface area contributed by atoms with E-state index >= 15 is 0 Å². The number of hydrogen-bond donors (Lipinski definition) is 1. The van der Waals surface area contributed by atoms with Gasteiger partial charge in [0, 0.05) is 17.2 Å². The second-order valence-electron chi connectivity index (χ2n) is 4.31. The Hall–Kier alpha value is -1.29. The molecule has 0 saturated carbocycles. The Morgan fingerprint density at radius 1 is 1.33 bits per heavy atom. The van der Waals surface area contributed by atoms with E-state index < -0.39 is 0 Å². The predicted molar refractivity (Wildman–Crippen MR) is 79.4 cm³/mol. The van der Waals surface area contributed by atoms with E-state index in [2.05, 4.69) is 43.8 Å². The zero-order valence-corrected chi connectivity index (χ0v) is 12.4. The molecule has 0 aliphatic heterocycles. The summed E-state index contributed by atoms with van der Waals surface area (Å²) in [5, 5.41) is 3.39. The molecule has 0 bridgehead atoms. The maximum atomic E-state index is 4.53. The maximum absolute atomic E-state index is 4.53. The molecule has 0 amide bonds. The molecule has 1 heterocycles. The molecule has 96 valence electrons. The van der Waals surface area contributed by atoms with Gasteiger partial charge in [0.2, 0.25) is 5.95 Å². The van der Waals surface area contributed by atoms with Gasteiger partial charge >= 0.3 is 0 Å². The van der Waals surface area contributed by atoms with Crippen LogP contribution in [0.3, 0.4) is 0 Å². The van der Waals surface area contributed by atoms with E-state index in [4.69, 9.17) is 0 Å². The van der Waals surface area contributed by atoms with Crippen LogP contribution in [0.25, 0.3) is 5.69 Å². The van der Waals surface area contributed by atoms with Crippen molar-refractivity contribution < 1.29 is 0 Å². The van der Waals surface area contributed by atoms with Crippen LogP contribution < -0.4 is 5.32 Å². The summed E-state index contributed by atoms with van der Waals surface area (Å²) >= 11 is 3.58. The van der Waals surface area contributed by atoms with Gasteiger partial charge in [-0.1, -0.05) is 25.5 Å². The van der Waals surface area contributed by atoms with Crippen molar-refractivity contribution in [3.05, 3.63) is 40.6 Å². The molecule has 0 saturated heterocycles. The van der Waals surface area contributed by atoms with Crippen molar-refractivity contribution in [3.63, 3.8) is 0 Å². The molecular formula is C14H18BrN3. The lowest BCUT2D eigenvalue weighted by Crippen LogP contribution is -2.07. The minimum atomic E-state index is 0.910. The van der Waals surface area contributed by atoms with E-state index in [1.165, 1.54) is 6.42 Å². The van der Waals surface area contributed by atoms with Crippen molar-refractivity contribution in [1.82, 2.24) is 9.55 Å². The molecule has 0 fully saturated rings. The number of aromatic nitrogens is 2. The molecular weight excluding hydrogens is 290 g/mol. The standard InChI is InChI=1S/C14H18BrN3/c1-3-4-9-16-14-17-11(2)10-18(14)13-8-6-5-7-12(13)15/h5-8,10H,3-4,9H2,1-2H3,(H,16,17). The first-order valence-electron chi connectivity index (χ1n) is 6.27. The molecule has 2 aromatic rings. The van der Waals surface area contributed by atoms with Crippen LogP contribution in [0.5, 0.6) is 0 Å². The van der Waals surface area contributed by atoms with Crippen LogP contribution in [-0.4, -0.2) is 16.1 Å². The van der Waals surface area contributed by atoms with Crippen molar-refractivity contribution >= 4 is 21.9 Å². The van der Waals surface area contributed by atoms with Crippen LogP contribution in [0, 0.1) is 6.92 Å². The molecule has 3 nitrogen and oxygen atoms in total. The van der Waals surface area contributed by atoms with Gasteiger partial charge in [0.05, 0.1) is 11.4 Å². The molecule has 0 unspecified atom stereocenters. The number of nitrogens with zero attached hydrogens (tertiary/aromatic N) is 2. The first kappa shape index (κ1) is 13.1. The Balaban J connectivity index is 2.30. The zero-order chi connectivity index (χ0) is 13.0. The number of hydrogen-bond acceptors (Lipinski definition) is 2. The highest BCUT2D eigenvalue weighted by atomic mass is 79.9. The Morgan fingerprint density at radius 2 is 2.11 bits per heavy atom. The molecule has 2 rings (SSSR count). The summed E-state index contributed by atoms with van der Waals surface area (Å²) < 4.78 is 3.16. The lowest BCUT2D eigenvalue weighted by atomic mass is 10.3. The second-order valence-corrected chi connectivity index (χ2v) is 5.16. The van der Waals surface area contributed by atoms with Crippen LogP contribution in [0.4, 0.5) is 5.95 Å². The monoisotopic (exact) mass is 307 g/mol. The third-order valence-electron chi connectivity index (χ3n) is 2.75. The summed E-state index contributed by atoms with van der Waals surface area (Å²) in [4.78, 5) is 4.53. The third-order valence-corrected chi connectivity index (χ3v) is 3.42. The van der Waals surface area contributed by atoms with E-state index in [-0.39, 0.29) is 0 Å². The van der Waals surface area contributed by atoms with Crippen LogP contribution >= 0.6 is 15.9 Å². The summed E-state index contributed by atoms with van der Waals surface area (Å²) in [5.41, 5.74) is 2.13. The molecule has 0 aliphatic rings. The lowest BCUT2D eigenvalue weighted by Gasteiger charge is -2.10. The summed E-state index contributed by atoms with van der Waals surface area (Å²) in [6.45, 7) is 5.16. The first-order valence-corrected chi connectivity index (χ1v) is 7.06. The Morgan fingerprint density at radius 3 is 2.83 bits per heavy atom. The highest BCUT2D eigenvalue weighted by molar-refractivity contribution is 9.10. The smallest absolute Gasteiger partial charge is 0.207 e. The lowest BCUT2D eigenvalue weighted by molar-refractivity contribution is 0.823. The van der Waals surface area contributed by atoms with Crippen LogP contribution in [0.1, 0.15) is 25.5 Å². The first-order chi connectivity index (χ1) is 8.72. The number of rotatable bonds is 5. The van der Waals surface area contributed by atoms with Gasteiger partial charge in [0.25, 0.3) is 0 Å². The maximum Gasteiger partial charge on any atom is 0.207 e. The molecule has 18 heavy (non-hydrogen) atoms. The van der Waals surface area contributed by atoms with Crippen LogP contribution in [0.15, 0.2) is 34.9 Å². The van der Waals surface area contributed by atoms with E-state index in [9.17, 15) is 0 Å². The summed E-state index contributed by atoms with van der Waals surface area (Å²) in [7, 11) is 0. The molecule has 0 aliphatic carbocycles. The number of nitrogens with one attached hydrogen (secondary N) is 1. The zero-order valence-electron chi connectivity index (χ0n) is 10.8. The fourth-order valence-electron chi connectivity index (χ4n) is 1.83. The van der Waals surface area contributed by atoms with E-state index in [0.29, 0.717) is 0 Å². The largest absolute Gasteiger partial charge is 0.355 e. The van der Waals surface area contributed by atoms with Gasteiger partial charge in [-0.2, -0.15) is 0 Å². The van der Waals surface area contributed by atoms with Crippen molar-refractivity contribution in [2.75, 3.05) is 11.9 Å². The SMILES string of the molecule is CCCCNc1nc(C)cn1-c1ccccc1Br. The normalized spacial score (nSPS) is 10.6. The summed E-state index contributed by atoms with van der Waals surface area (Å²) in [5.74, 6) is 0.910. The number of imidazole rings is 1.